The van der Waals surface area contributed by atoms with E-state index in [1.807, 2.05) is 60.7 Å². The molecule has 3 aromatic rings. The first-order valence-corrected chi connectivity index (χ1v) is 10.1. The monoisotopic (exact) mass is 399 g/mol. The molecule has 0 spiro atoms. The van der Waals surface area contributed by atoms with Crippen LogP contribution >= 0.6 is 0 Å². The van der Waals surface area contributed by atoms with E-state index in [0.29, 0.717) is 24.2 Å². The summed E-state index contributed by atoms with van der Waals surface area (Å²) < 4.78 is 11.3. The molecule has 5 heteroatoms. The van der Waals surface area contributed by atoms with Crippen LogP contribution in [0, 0.1) is 0 Å². The number of hydrogen-bond donors (Lipinski definition) is 1. The average Bonchev–Trinajstić information content (AvgIpc) is 2.79. The molecule has 0 saturated carbocycles. The average molecular weight is 399 g/mol. The number of carbonyl (C=O) groups is 2. The Morgan fingerprint density at radius 1 is 0.967 bits per heavy atom. The van der Waals surface area contributed by atoms with E-state index in [2.05, 4.69) is 5.32 Å². The Morgan fingerprint density at radius 2 is 1.77 bits per heavy atom. The van der Waals surface area contributed by atoms with Crippen LogP contribution in [0.15, 0.2) is 72.8 Å². The molecule has 2 heterocycles. The summed E-state index contributed by atoms with van der Waals surface area (Å²) in [4.78, 5) is 25.4. The van der Waals surface area contributed by atoms with Gasteiger partial charge in [-0.25, -0.2) is 4.79 Å². The summed E-state index contributed by atoms with van der Waals surface area (Å²) in [6, 6.07) is 22.5. The Labute approximate surface area is 174 Å². The van der Waals surface area contributed by atoms with Crippen molar-refractivity contribution >= 4 is 11.9 Å². The summed E-state index contributed by atoms with van der Waals surface area (Å²) in [5, 5.41) is 3.12. The molecular formula is C25H21NO4. The summed E-state index contributed by atoms with van der Waals surface area (Å²) in [7, 11) is 0. The van der Waals surface area contributed by atoms with E-state index in [-0.39, 0.29) is 24.0 Å². The van der Waals surface area contributed by atoms with Crippen molar-refractivity contribution in [2.24, 2.45) is 0 Å². The van der Waals surface area contributed by atoms with E-state index in [0.717, 1.165) is 28.9 Å². The summed E-state index contributed by atoms with van der Waals surface area (Å²) in [6.07, 6.45) is 0.925. The van der Waals surface area contributed by atoms with Crippen molar-refractivity contribution in [1.82, 2.24) is 5.32 Å². The number of benzene rings is 3. The maximum atomic E-state index is 13.0. The molecule has 0 unspecified atom stereocenters. The maximum absolute atomic E-state index is 13.0. The maximum Gasteiger partial charge on any atom is 0.339 e. The molecule has 1 amide bonds. The molecule has 0 saturated heterocycles. The van der Waals surface area contributed by atoms with Gasteiger partial charge in [-0.1, -0.05) is 48.5 Å². The van der Waals surface area contributed by atoms with Gasteiger partial charge < -0.3 is 14.8 Å². The van der Waals surface area contributed by atoms with Crippen LogP contribution in [-0.4, -0.2) is 18.5 Å². The predicted octanol–water partition coefficient (Wildman–Crippen LogP) is 4.39. The standard InChI is InChI=1S/C25H21NO4/c27-24(26-21-12-13-29-22-9-5-4-8-20(21)22)17-10-11-19-18(14-17)15-23(30-25(19)28)16-6-2-1-3-7-16/h1-11,14,21,23H,12-13,15H2,(H,26,27)/t21-,23-/m1/s1. The molecule has 5 rings (SSSR count). The fourth-order valence-electron chi connectivity index (χ4n) is 4.12. The first-order chi connectivity index (χ1) is 14.7. The number of nitrogens with one attached hydrogen (secondary N) is 1. The summed E-state index contributed by atoms with van der Waals surface area (Å²) >= 11 is 0. The number of hydrogen-bond acceptors (Lipinski definition) is 4. The Hall–Kier alpha value is -3.60. The molecule has 0 radical (unpaired) electrons. The van der Waals surface area contributed by atoms with Gasteiger partial charge in [0.1, 0.15) is 11.9 Å². The lowest BCUT2D eigenvalue weighted by Crippen LogP contribution is -2.32. The Balaban J connectivity index is 1.38. The largest absolute Gasteiger partial charge is 0.493 e. The second kappa shape index (κ2) is 7.67. The second-order valence-corrected chi connectivity index (χ2v) is 7.58. The number of carbonyl (C=O) groups excluding carboxylic acids is 2. The molecule has 0 aromatic heterocycles. The number of rotatable bonds is 3. The highest BCUT2D eigenvalue weighted by Gasteiger charge is 2.29. The normalized spacial score (nSPS) is 19.7. The van der Waals surface area contributed by atoms with Crippen LogP contribution in [0.4, 0.5) is 0 Å². The topological polar surface area (TPSA) is 64.6 Å². The zero-order chi connectivity index (χ0) is 20.5. The molecule has 30 heavy (non-hydrogen) atoms. The van der Waals surface area contributed by atoms with Crippen molar-refractivity contribution in [3.63, 3.8) is 0 Å². The van der Waals surface area contributed by atoms with Crippen LogP contribution in [0.2, 0.25) is 0 Å². The number of cyclic esters (lactones) is 1. The minimum absolute atomic E-state index is 0.0967. The van der Waals surface area contributed by atoms with Crippen LogP contribution in [0.1, 0.15) is 56.0 Å². The zero-order valence-electron chi connectivity index (χ0n) is 16.3. The Morgan fingerprint density at radius 3 is 2.63 bits per heavy atom. The first kappa shape index (κ1) is 18.4. The van der Waals surface area contributed by atoms with Gasteiger partial charge in [0.25, 0.3) is 5.91 Å². The van der Waals surface area contributed by atoms with E-state index < -0.39 is 0 Å². The van der Waals surface area contributed by atoms with E-state index in [4.69, 9.17) is 9.47 Å². The molecule has 150 valence electrons. The second-order valence-electron chi connectivity index (χ2n) is 7.58. The summed E-state index contributed by atoms with van der Waals surface area (Å²) in [5.41, 5.74) is 3.84. The van der Waals surface area contributed by atoms with E-state index in [9.17, 15) is 9.59 Å². The minimum Gasteiger partial charge on any atom is -0.493 e. The van der Waals surface area contributed by atoms with Crippen molar-refractivity contribution in [2.45, 2.75) is 25.0 Å². The molecule has 2 atom stereocenters. The van der Waals surface area contributed by atoms with Crippen molar-refractivity contribution in [2.75, 3.05) is 6.61 Å². The van der Waals surface area contributed by atoms with Gasteiger partial charge in [0.05, 0.1) is 18.2 Å². The van der Waals surface area contributed by atoms with Crippen LogP contribution in [0.25, 0.3) is 0 Å². The highest BCUT2D eigenvalue weighted by molar-refractivity contribution is 5.98. The van der Waals surface area contributed by atoms with Crippen molar-refractivity contribution in [3.05, 3.63) is 101 Å². The van der Waals surface area contributed by atoms with Crippen molar-refractivity contribution < 1.29 is 19.1 Å². The molecular weight excluding hydrogens is 378 g/mol. The lowest BCUT2D eigenvalue weighted by molar-refractivity contribution is 0.0252. The number of fused-ring (bicyclic) bond motifs is 2. The molecule has 0 aliphatic carbocycles. The summed E-state index contributed by atoms with van der Waals surface area (Å²) in [6.45, 7) is 0.566. The lowest BCUT2D eigenvalue weighted by atomic mass is 9.93. The molecule has 2 aliphatic heterocycles. The van der Waals surface area contributed by atoms with Gasteiger partial charge >= 0.3 is 5.97 Å². The van der Waals surface area contributed by atoms with Crippen LogP contribution < -0.4 is 10.1 Å². The number of esters is 1. The minimum atomic E-state index is -0.351. The van der Waals surface area contributed by atoms with Gasteiger partial charge in [-0.2, -0.15) is 0 Å². The van der Waals surface area contributed by atoms with E-state index in [1.54, 1.807) is 12.1 Å². The quantitative estimate of drug-likeness (QED) is 0.664. The SMILES string of the molecule is O=C(N[C@@H]1CCOc2ccccc21)c1ccc2c(c1)C[C@H](c1ccccc1)OC2=O. The molecule has 2 aliphatic rings. The van der Waals surface area contributed by atoms with Crippen LogP contribution in [-0.2, 0) is 11.2 Å². The fraction of sp³-hybridized carbons (Fsp3) is 0.200. The number of ether oxygens (including phenoxy) is 2. The Kier molecular flexibility index (Phi) is 4.71. The third kappa shape index (κ3) is 3.43. The highest BCUT2D eigenvalue weighted by atomic mass is 16.5. The summed E-state index contributed by atoms with van der Waals surface area (Å²) in [5.74, 6) is 0.304. The smallest absolute Gasteiger partial charge is 0.339 e. The van der Waals surface area contributed by atoms with Gasteiger partial charge in [0, 0.05) is 24.0 Å². The molecule has 0 fully saturated rings. The van der Waals surface area contributed by atoms with E-state index in [1.165, 1.54) is 0 Å². The third-order valence-electron chi connectivity index (χ3n) is 5.68. The molecule has 3 aromatic carbocycles. The van der Waals surface area contributed by atoms with Crippen LogP contribution in [0.3, 0.4) is 0 Å². The van der Waals surface area contributed by atoms with Gasteiger partial charge in [-0.15, -0.1) is 0 Å². The Bertz CT molecular complexity index is 1110. The van der Waals surface area contributed by atoms with E-state index >= 15 is 0 Å². The van der Waals surface area contributed by atoms with Gasteiger partial charge in [0.2, 0.25) is 0 Å². The zero-order valence-corrected chi connectivity index (χ0v) is 16.3. The highest BCUT2D eigenvalue weighted by Crippen LogP contribution is 2.33. The van der Waals surface area contributed by atoms with Crippen LogP contribution in [0.5, 0.6) is 5.75 Å². The molecule has 1 N–H and O–H groups in total. The van der Waals surface area contributed by atoms with Gasteiger partial charge in [-0.3, -0.25) is 4.79 Å². The molecule has 0 bridgehead atoms. The number of amides is 1. The van der Waals surface area contributed by atoms with Gasteiger partial charge in [0.15, 0.2) is 0 Å². The molecule has 5 nitrogen and oxygen atoms in total. The van der Waals surface area contributed by atoms with Gasteiger partial charge in [-0.05, 0) is 35.4 Å². The lowest BCUT2D eigenvalue weighted by Gasteiger charge is -2.27. The fourth-order valence-corrected chi connectivity index (χ4v) is 4.12. The number of para-hydroxylation sites is 1. The third-order valence-corrected chi connectivity index (χ3v) is 5.68. The van der Waals surface area contributed by atoms with Crippen molar-refractivity contribution in [3.8, 4) is 5.75 Å². The first-order valence-electron chi connectivity index (χ1n) is 10.1. The predicted molar refractivity (Wildman–Crippen MR) is 112 cm³/mol. The van der Waals surface area contributed by atoms with Crippen molar-refractivity contribution in [1.29, 1.82) is 0 Å².